The summed E-state index contributed by atoms with van der Waals surface area (Å²) < 4.78 is 18.8. The molecule has 0 atom stereocenters. The lowest BCUT2D eigenvalue weighted by Gasteiger charge is -2.17. The first-order valence-corrected chi connectivity index (χ1v) is 14.9. The molecule has 0 fully saturated rings. The van der Waals surface area contributed by atoms with Crippen LogP contribution in [0.4, 0.5) is 0 Å². The first kappa shape index (κ1) is 23.7. The quantitative estimate of drug-likeness (QED) is 0.196. The number of furan rings is 3. The fourth-order valence-corrected chi connectivity index (χ4v) is 7.34. The second-order valence-electron chi connectivity index (χ2n) is 11.6. The van der Waals surface area contributed by atoms with Gasteiger partial charge in [0.05, 0.1) is 0 Å². The van der Waals surface area contributed by atoms with E-state index >= 15 is 0 Å². The van der Waals surface area contributed by atoms with Crippen molar-refractivity contribution >= 4 is 76.4 Å². The Bertz CT molecular complexity index is 2730. The van der Waals surface area contributed by atoms with E-state index in [4.69, 9.17) is 13.3 Å². The molecule has 44 heavy (non-hydrogen) atoms. The minimum Gasteiger partial charge on any atom is -0.461 e. The Morgan fingerprint density at radius 1 is 0.318 bits per heavy atom. The first-order chi connectivity index (χ1) is 21.7. The van der Waals surface area contributed by atoms with Crippen molar-refractivity contribution in [1.82, 2.24) is 0 Å². The predicted octanol–water partition coefficient (Wildman–Crippen LogP) is 12.2. The fourth-order valence-electron chi connectivity index (χ4n) is 7.34. The summed E-state index contributed by atoms with van der Waals surface area (Å²) in [5, 5.41) is 10.4. The molecule has 206 valence electrons. The smallest absolute Gasteiger partial charge is 0.139 e. The molecular weight excluding hydrogens is 540 g/mol. The Balaban J connectivity index is 1.30. The van der Waals surface area contributed by atoms with Crippen molar-refractivity contribution in [1.29, 1.82) is 0 Å². The molecule has 0 aliphatic carbocycles. The van der Waals surface area contributed by atoms with Crippen LogP contribution in [-0.2, 0) is 0 Å². The van der Waals surface area contributed by atoms with E-state index < -0.39 is 0 Å². The second kappa shape index (κ2) is 8.62. The third-order valence-electron chi connectivity index (χ3n) is 9.21. The van der Waals surface area contributed by atoms with Gasteiger partial charge in [-0.2, -0.15) is 0 Å². The molecule has 10 rings (SSSR count). The Kier molecular flexibility index (Phi) is 4.65. The average Bonchev–Trinajstić information content (AvgIpc) is 3.72. The molecule has 0 radical (unpaired) electrons. The molecule has 0 bridgehead atoms. The summed E-state index contributed by atoms with van der Waals surface area (Å²) in [4.78, 5) is 0. The van der Waals surface area contributed by atoms with Crippen LogP contribution >= 0.6 is 0 Å². The minimum absolute atomic E-state index is 0.830. The van der Waals surface area contributed by atoms with Crippen LogP contribution < -0.4 is 0 Å². The van der Waals surface area contributed by atoms with Gasteiger partial charge in [-0.25, -0.2) is 0 Å². The molecule has 3 aromatic heterocycles. The van der Waals surface area contributed by atoms with Crippen LogP contribution in [0.1, 0.15) is 5.76 Å². The Labute approximate surface area is 251 Å². The number of hydrogen-bond acceptors (Lipinski definition) is 3. The third kappa shape index (κ3) is 3.16. The van der Waals surface area contributed by atoms with Gasteiger partial charge in [0.25, 0.3) is 0 Å². The van der Waals surface area contributed by atoms with Gasteiger partial charge in [-0.1, -0.05) is 91.0 Å². The molecule has 3 nitrogen and oxygen atoms in total. The molecule has 7 aromatic carbocycles. The van der Waals surface area contributed by atoms with Crippen LogP contribution in [0, 0.1) is 6.92 Å². The maximum Gasteiger partial charge on any atom is 0.139 e. The summed E-state index contributed by atoms with van der Waals surface area (Å²) in [6.45, 7) is 2.07. The number of para-hydroxylation sites is 2. The molecular formula is C41H24O3. The zero-order chi connectivity index (χ0) is 28.9. The lowest BCUT2D eigenvalue weighted by atomic mass is 9.85. The van der Waals surface area contributed by atoms with E-state index in [0.717, 1.165) is 71.7 Å². The van der Waals surface area contributed by atoms with Gasteiger partial charge in [0.1, 0.15) is 33.7 Å². The van der Waals surface area contributed by atoms with Crippen LogP contribution in [0.2, 0.25) is 0 Å². The molecule has 10 aromatic rings. The summed E-state index contributed by atoms with van der Waals surface area (Å²) >= 11 is 0. The van der Waals surface area contributed by atoms with Gasteiger partial charge >= 0.3 is 0 Å². The Morgan fingerprint density at radius 3 is 1.45 bits per heavy atom. The van der Waals surface area contributed by atoms with E-state index in [1.54, 1.807) is 0 Å². The summed E-state index contributed by atoms with van der Waals surface area (Å²) in [5.74, 6) is 0.929. The normalized spacial score (nSPS) is 12.2. The largest absolute Gasteiger partial charge is 0.461 e. The molecule has 0 N–H and O–H groups in total. The van der Waals surface area contributed by atoms with Crippen molar-refractivity contribution in [2.45, 2.75) is 6.92 Å². The van der Waals surface area contributed by atoms with Gasteiger partial charge in [0.15, 0.2) is 0 Å². The molecule has 3 heteroatoms. The summed E-state index contributed by atoms with van der Waals surface area (Å²) in [7, 11) is 0. The van der Waals surface area contributed by atoms with Crippen molar-refractivity contribution in [3.8, 4) is 22.3 Å². The molecule has 0 unspecified atom stereocenters. The minimum atomic E-state index is 0.830. The van der Waals surface area contributed by atoms with Crippen LogP contribution in [0.15, 0.2) is 141 Å². The maximum absolute atomic E-state index is 6.37. The van der Waals surface area contributed by atoms with Gasteiger partial charge in [-0.15, -0.1) is 0 Å². The van der Waals surface area contributed by atoms with Gasteiger partial charge in [-0.3, -0.25) is 0 Å². The molecule has 0 spiro atoms. The Morgan fingerprint density at radius 2 is 0.795 bits per heavy atom. The number of fused-ring (bicyclic) bond motifs is 9. The van der Waals surface area contributed by atoms with Gasteiger partial charge < -0.3 is 13.3 Å². The van der Waals surface area contributed by atoms with Crippen LogP contribution in [0.3, 0.4) is 0 Å². The average molecular weight is 565 g/mol. The molecule has 3 heterocycles. The van der Waals surface area contributed by atoms with E-state index in [1.807, 2.05) is 24.3 Å². The topological polar surface area (TPSA) is 39.4 Å². The maximum atomic E-state index is 6.37. The zero-order valence-electron chi connectivity index (χ0n) is 23.8. The lowest BCUT2D eigenvalue weighted by molar-refractivity contribution is 0.580. The van der Waals surface area contributed by atoms with Crippen LogP contribution in [0.5, 0.6) is 0 Å². The lowest BCUT2D eigenvalue weighted by Crippen LogP contribution is -1.91. The molecule has 0 saturated heterocycles. The van der Waals surface area contributed by atoms with E-state index in [9.17, 15) is 0 Å². The van der Waals surface area contributed by atoms with Crippen molar-refractivity contribution in [3.05, 3.63) is 133 Å². The molecule has 0 aliphatic heterocycles. The first-order valence-electron chi connectivity index (χ1n) is 14.9. The highest BCUT2D eigenvalue weighted by Crippen LogP contribution is 2.47. The van der Waals surface area contributed by atoms with Crippen LogP contribution in [0.25, 0.3) is 98.6 Å². The zero-order valence-corrected chi connectivity index (χ0v) is 23.8. The summed E-state index contributed by atoms with van der Waals surface area (Å²) in [6, 6.07) is 44.9. The van der Waals surface area contributed by atoms with E-state index in [-0.39, 0.29) is 0 Å². The SMILES string of the molecule is Cc1oc2ccccc2c1-c1c2ccccc2c(-c2ccc3oc4cc5oc6ccccc6c5cc4c3c2)c2ccccc12. The number of aryl methyl sites for hydroxylation is 1. The fraction of sp³-hybridized carbons (Fsp3) is 0.0244. The van der Waals surface area contributed by atoms with Crippen molar-refractivity contribution < 1.29 is 13.3 Å². The van der Waals surface area contributed by atoms with E-state index in [2.05, 4.69) is 110 Å². The van der Waals surface area contributed by atoms with E-state index in [0.29, 0.717) is 0 Å². The summed E-state index contributed by atoms with van der Waals surface area (Å²) in [5.41, 5.74) is 9.09. The van der Waals surface area contributed by atoms with Gasteiger partial charge in [0, 0.05) is 44.1 Å². The van der Waals surface area contributed by atoms with Crippen molar-refractivity contribution in [3.63, 3.8) is 0 Å². The van der Waals surface area contributed by atoms with Crippen LogP contribution in [-0.4, -0.2) is 0 Å². The van der Waals surface area contributed by atoms with Crippen molar-refractivity contribution in [2.75, 3.05) is 0 Å². The highest BCUT2D eigenvalue weighted by Gasteiger charge is 2.22. The summed E-state index contributed by atoms with van der Waals surface area (Å²) in [6.07, 6.45) is 0. The monoisotopic (exact) mass is 564 g/mol. The Hall–Kier alpha value is -5.80. The molecule has 0 saturated carbocycles. The van der Waals surface area contributed by atoms with Crippen molar-refractivity contribution in [2.24, 2.45) is 0 Å². The highest BCUT2D eigenvalue weighted by molar-refractivity contribution is 6.24. The molecule has 0 aliphatic rings. The van der Waals surface area contributed by atoms with Gasteiger partial charge in [-0.05, 0) is 69.9 Å². The number of benzene rings is 7. The van der Waals surface area contributed by atoms with E-state index in [1.165, 1.54) is 32.7 Å². The number of hydrogen-bond donors (Lipinski definition) is 0. The second-order valence-corrected chi connectivity index (χ2v) is 11.6. The predicted molar refractivity (Wildman–Crippen MR) is 181 cm³/mol. The standard InChI is InChI=1S/C41H24O3/c1-23-39(30-15-7-9-17-35(30)42-23)41-28-13-4-2-11-26(28)40(27-12-3-5-14-29(27)41)24-18-19-36-31(20-24)33-21-32-25-10-6-8-16-34(25)43-37(32)22-38(33)44-36/h2-22H,1H3. The van der Waals surface area contributed by atoms with Gasteiger partial charge in [0.2, 0.25) is 0 Å². The highest BCUT2D eigenvalue weighted by atomic mass is 16.3. The molecule has 0 amide bonds. The number of rotatable bonds is 2. The third-order valence-corrected chi connectivity index (χ3v) is 9.21.